The van der Waals surface area contributed by atoms with Gasteiger partial charge in [-0.3, -0.25) is 10.1 Å². The molecule has 0 aliphatic heterocycles. The van der Waals surface area contributed by atoms with Crippen LogP contribution in [0.4, 0.5) is 5.69 Å². The summed E-state index contributed by atoms with van der Waals surface area (Å²) in [6.07, 6.45) is 0. The van der Waals surface area contributed by atoms with Crippen LogP contribution in [-0.4, -0.2) is 14.6 Å². The first kappa shape index (κ1) is 13.3. The summed E-state index contributed by atoms with van der Waals surface area (Å²) in [7, 11) is 0. The highest BCUT2D eigenvalue weighted by molar-refractivity contribution is 5.87. The predicted molar refractivity (Wildman–Crippen MR) is 80.6 cm³/mol. The van der Waals surface area contributed by atoms with Crippen LogP contribution < -0.4 is 0 Å². The van der Waals surface area contributed by atoms with Crippen LogP contribution in [0.25, 0.3) is 16.6 Å². The van der Waals surface area contributed by atoms with Crippen molar-refractivity contribution in [2.24, 2.45) is 0 Å². The van der Waals surface area contributed by atoms with Crippen molar-refractivity contribution in [3.63, 3.8) is 0 Å². The van der Waals surface area contributed by atoms with Gasteiger partial charge in [0.15, 0.2) is 0 Å². The Morgan fingerprint density at radius 1 is 1.19 bits per heavy atom. The first-order chi connectivity index (χ1) is 10.1. The minimum Gasteiger partial charge on any atom is -0.392 e. The third-order valence-electron chi connectivity index (χ3n) is 3.70. The summed E-state index contributed by atoms with van der Waals surface area (Å²) < 4.78 is 1.94. The zero-order valence-corrected chi connectivity index (χ0v) is 11.5. The van der Waals surface area contributed by atoms with E-state index in [2.05, 4.69) is 0 Å². The van der Waals surface area contributed by atoms with E-state index in [0.717, 1.165) is 27.8 Å². The molecular formula is C16H14N2O3. The molecule has 3 rings (SSSR count). The number of rotatable bonds is 3. The molecule has 106 valence electrons. The van der Waals surface area contributed by atoms with Crippen LogP contribution >= 0.6 is 0 Å². The number of hydrogen-bond acceptors (Lipinski definition) is 3. The van der Waals surface area contributed by atoms with E-state index in [1.54, 1.807) is 12.1 Å². The first-order valence-corrected chi connectivity index (χ1v) is 6.58. The molecule has 1 N–H and O–H groups in total. The van der Waals surface area contributed by atoms with E-state index in [9.17, 15) is 15.2 Å². The maximum absolute atomic E-state index is 11.0. The molecule has 0 saturated heterocycles. The van der Waals surface area contributed by atoms with Crippen molar-refractivity contribution in [1.82, 2.24) is 4.57 Å². The Bertz CT molecular complexity index is 837. The number of hydrogen-bond donors (Lipinski definition) is 1. The zero-order valence-electron chi connectivity index (χ0n) is 11.5. The lowest BCUT2D eigenvalue weighted by atomic mass is 10.1. The van der Waals surface area contributed by atoms with Crippen LogP contribution in [0, 0.1) is 17.0 Å². The molecule has 0 radical (unpaired) electrons. The molecule has 0 aliphatic rings. The molecule has 3 aromatic rings. The number of fused-ring (bicyclic) bond motifs is 1. The maximum Gasteiger partial charge on any atom is 0.271 e. The average Bonchev–Trinajstić information content (AvgIpc) is 2.78. The summed E-state index contributed by atoms with van der Waals surface area (Å²) >= 11 is 0. The average molecular weight is 282 g/mol. The summed E-state index contributed by atoms with van der Waals surface area (Å²) in [6, 6.07) is 14.2. The quantitative estimate of drug-likeness (QED) is 0.591. The number of nitro benzene ring substituents is 1. The van der Waals surface area contributed by atoms with E-state index in [4.69, 9.17) is 0 Å². The maximum atomic E-state index is 11.0. The summed E-state index contributed by atoms with van der Waals surface area (Å²) in [5, 5.41) is 21.5. The van der Waals surface area contributed by atoms with E-state index in [-0.39, 0.29) is 12.3 Å². The van der Waals surface area contributed by atoms with E-state index in [1.165, 1.54) is 6.07 Å². The largest absolute Gasteiger partial charge is 0.392 e. The topological polar surface area (TPSA) is 68.3 Å². The monoisotopic (exact) mass is 282 g/mol. The molecule has 0 saturated carbocycles. The first-order valence-electron chi connectivity index (χ1n) is 6.58. The van der Waals surface area contributed by atoms with Gasteiger partial charge < -0.3 is 9.67 Å². The van der Waals surface area contributed by atoms with Gasteiger partial charge in [-0.15, -0.1) is 0 Å². The van der Waals surface area contributed by atoms with Gasteiger partial charge in [0.1, 0.15) is 0 Å². The molecule has 0 amide bonds. The Kier molecular flexibility index (Phi) is 3.19. The number of aliphatic hydroxyl groups is 1. The minimum absolute atomic E-state index is 0.0511. The van der Waals surface area contributed by atoms with Gasteiger partial charge in [-0.1, -0.05) is 24.3 Å². The summed E-state index contributed by atoms with van der Waals surface area (Å²) in [6.45, 7) is 1.85. The fourth-order valence-corrected chi connectivity index (χ4v) is 2.71. The fourth-order valence-electron chi connectivity index (χ4n) is 2.71. The molecule has 0 bridgehead atoms. The van der Waals surface area contributed by atoms with E-state index in [0.29, 0.717) is 0 Å². The van der Waals surface area contributed by atoms with Crippen LogP contribution in [0.5, 0.6) is 0 Å². The predicted octanol–water partition coefficient (Wildman–Crippen LogP) is 3.34. The number of aromatic nitrogens is 1. The van der Waals surface area contributed by atoms with Crippen LogP contribution in [-0.2, 0) is 6.61 Å². The number of nitrogens with zero attached hydrogens (tertiary/aromatic N) is 2. The van der Waals surface area contributed by atoms with Crippen molar-refractivity contribution in [2.75, 3.05) is 0 Å². The van der Waals surface area contributed by atoms with Gasteiger partial charge >= 0.3 is 0 Å². The molecule has 5 nitrogen and oxygen atoms in total. The van der Waals surface area contributed by atoms with Gasteiger partial charge in [0.05, 0.1) is 22.7 Å². The minimum atomic E-state index is -0.405. The SMILES string of the molecule is Cc1c(CO)c2ccccc2n1-c1cccc([N+](=O)[O-])c1. The highest BCUT2D eigenvalue weighted by Gasteiger charge is 2.15. The van der Waals surface area contributed by atoms with Crippen molar-refractivity contribution < 1.29 is 10.0 Å². The zero-order chi connectivity index (χ0) is 15.0. The van der Waals surface area contributed by atoms with Gasteiger partial charge in [-0.2, -0.15) is 0 Å². The number of benzene rings is 2. The lowest BCUT2D eigenvalue weighted by molar-refractivity contribution is -0.384. The molecule has 1 heterocycles. The van der Waals surface area contributed by atoms with Crippen LogP contribution in [0.3, 0.4) is 0 Å². The van der Waals surface area contributed by atoms with Crippen LogP contribution in [0.1, 0.15) is 11.3 Å². The van der Waals surface area contributed by atoms with Crippen molar-refractivity contribution in [1.29, 1.82) is 0 Å². The highest BCUT2D eigenvalue weighted by Crippen LogP contribution is 2.30. The lowest BCUT2D eigenvalue weighted by Gasteiger charge is -2.08. The molecule has 0 fully saturated rings. The second kappa shape index (κ2) is 5.03. The van der Waals surface area contributed by atoms with Gasteiger partial charge in [0.2, 0.25) is 0 Å². The Balaban J connectivity index is 2.32. The third kappa shape index (κ3) is 2.08. The van der Waals surface area contributed by atoms with Gasteiger partial charge in [0.25, 0.3) is 5.69 Å². The summed E-state index contributed by atoms with van der Waals surface area (Å²) in [4.78, 5) is 10.5. The highest BCUT2D eigenvalue weighted by atomic mass is 16.6. The number of non-ortho nitro benzene ring substituents is 1. The van der Waals surface area contributed by atoms with Gasteiger partial charge in [-0.05, 0) is 19.1 Å². The van der Waals surface area contributed by atoms with Crippen molar-refractivity contribution in [3.8, 4) is 5.69 Å². The molecule has 0 aliphatic carbocycles. The second-order valence-electron chi connectivity index (χ2n) is 4.85. The van der Waals surface area contributed by atoms with Crippen LogP contribution in [0.15, 0.2) is 48.5 Å². The van der Waals surface area contributed by atoms with Gasteiger partial charge in [0, 0.05) is 28.8 Å². The summed E-state index contributed by atoms with van der Waals surface area (Å²) in [5.74, 6) is 0. The number of nitro groups is 1. The summed E-state index contributed by atoms with van der Waals surface area (Å²) in [5.41, 5.74) is 3.43. The molecular weight excluding hydrogens is 268 g/mol. The Morgan fingerprint density at radius 2 is 1.95 bits per heavy atom. The van der Waals surface area contributed by atoms with E-state index >= 15 is 0 Å². The fraction of sp³-hybridized carbons (Fsp3) is 0.125. The number of aliphatic hydroxyl groups excluding tert-OH is 1. The normalized spacial score (nSPS) is 11.0. The van der Waals surface area contributed by atoms with Crippen LogP contribution in [0.2, 0.25) is 0 Å². The molecule has 0 spiro atoms. The van der Waals surface area contributed by atoms with E-state index in [1.807, 2.05) is 41.8 Å². The van der Waals surface area contributed by atoms with Gasteiger partial charge in [-0.25, -0.2) is 0 Å². The molecule has 21 heavy (non-hydrogen) atoms. The Labute approximate surface area is 121 Å². The molecule has 0 unspecified atom stereocenters. The lowest BCUT2D eigenvalue weighted by Crippen LogP contribution is -1.99. The molecule has 1 aromatic heterocycles. The Morgan fingerprint density at radius 3 is 2.67 bits per heavy atom. The Hall–Kier alpha value is -2.66. The van der Waals surface area contributed by atoms with Crippen molar-refractivity contribution in [2.45, 2.75) is 13.5 Å². The van der Waals surface area contributed by atoms with Crippen molar-refractivity contribution >= 4 is 16.6 Å². The molecule has 0 atom stereocenters. The number of para-hydroxylation sites is 1. The smallest absolute Gasteiger partial charge is 0.271 e. The standard InChI is InChI=1S/C16H14N2O3/c1-11-15(10-19)14-7-2-3-8-16(14)17(11)12-5-4-6-13(9-12)18(20)21/h2-9,19H,10H2,1H3. The van der Waals surface area contributed by atoms with E-state index < -0.39 is 4.92 Å². The second-order valence-corrected chi connectivity index (χ2v) is 4.85. The van der Waals surface area contributed by atoms with Crippen molar-refractivity contribution in [3.05, 3.63) is 69.9 Å². The molecule has 5 heteroatoms. The molecule has 2 aromatic carbocycles. The third-order valence-corrected chi connectivity index (χ3v) is 3.70.